The van der Waals surface area contributed by atoms with Gasteiger partial charge in [-0.2, -0.15) is 0 Å². The van der Waals surface area contributed by atoms with Crippen molar-refractivity contribution in [3.63, 3.8) is 0 Å². The molecule has 0 spiro atoms. The summed E-state index contributed by atoms with van der Waals surface area (Å²) in [5, 5.41) is 2.48. The average Bonchev–Trinajstić information content (AvgIpc) is 3.18. The number of fused-ring (bicyclic) bond motifs is 2. The lowest BCUT2D eigenvalue weighted by atomic mass is 10.2. The number of amidine groups is 1. The average molecular weight is 331 g/mol. The Bertz CT molecular complexity index is 801. The Balaban J connectivity index is 1.89. The highest BCUT2D eigenvalue weighted by molar-refractivity contribution is 8.17. The monoisotopic (exact) mass is 330 g/mol. The Labute approximate surface area is 136 Å². The second-order valence-corrected chi connectivity index (χ2v) is 7.76. The minimum absolute atomic E-state index is 0.900. The maximum absolute atomic E-state index is 4.58. The van der Waals surface area contributed by atoms with E-state index in [-0.39, 0.29) is 0 Å². The van der Waals surface area contributed by atoms with Crippen LogP contribution in [0.25, 0.3) is 15.8 Å². The first kappa shape index (κ1) is 13.5. The summed E-state index contributed by atoms with van der Waals surface area (Å²) in [5.74, 6) is 0. The first-order valence-corrected chi connectivity index (χ1v) is 9.61. The smallest absolute Gasteiger partial charge is 0.168 e. The predicted octanol–water partition coefficient (Wildman–Crippen LogP) is 4.90. The number of aliphatic imine (C=N–C) groups is 1. The third kappa shape index (κ3) is 2.06. The number of benzene rings is 1. The summed E-state index contributed by atoms with van der Waals surface area (Å²) in [4.78, 5) is 10.8. The first-order chi connectivity index (χ1) is 10.3. The van der Waals surface area contributed by atoms with Crippen molar-refractivity contribution in [2.75, 3.05) is 19.3 Å². The van der Waals surface area contributed by atoms with Gasteiger partial charge >= 0.3 is 0 Å². The van der Waals surface area contributed by atoms with Gasteiger partial charge in [0.05, 0.1) is 17.1 Å². The van der Waals surface area contributed by atoms with Crippen molar-refractivity contribution in [1.29, 1.82) is 0 Å². The number of rotatable bonds is 3. The molecule has 0 N–H and O–H groups in total. The molecule has 0 aliphatic carbocycles. The standard InChI is InChI=1S/C16H14N2S3/c1-3-11-15(18-8-7-17-16(18)21-11)14-9-10-12(19-2)5-4-6-13(10)20-14/h3-6,9H,1,7-8H2,2H3. The van der Waals surface area contributed by atoms with E-state index < -0.39 is 0 Å². The number of allylic oxidation sites excluding steroid dienone is 1. The lowest BCUT2D eigenvalue weighted by Crippen LogP contribution is -2.19. The van der Waals surface area contributed by atoms with Crippen LogP contribution in [0.2, 0.25) is 0 Å². The van der Waals surface area contributed by atoms with Crippen molar-refractivity contribution in [1.82, 2.24) is 4.90 Å². The molecule has 4 rings (SSSR count). The van der Waals surface area contributed by atoms with Crippen molar-refractivity contribution in [3.8, 4) is 0 Å². The van der Waals surface area contributed by atoms with E-state index in [0.29, 0.717) is 0 Å². The Kier molecular flexibility index (Phi) is 3.36. The maximum atomic E-state index is 4.58. The molecular formula is C16H14N2S3. The summed E-state index contributed by atoms with van der Waals surface area (Å²) in [6.07, 6.45) is 4.10. The molecular weight excluding hydrogens is 316 g/mol. The van der Waals surface area contributed by atoms with Gasteiger partial charge in [0.2, 0.25) is 0 Å². The summed E-state index contributed by atoms with van der Waals surface area (Å²) in [6.45, 7) is 5.86. The van der Waals surface area contributed by atoms with Crippen molar-refractivity contribution in [2.45, 2.75) is 4.90 Å². The predicted molar refractivity (Wildman–Crippen MR) is 97.3 cm³/mol. The van der Waals surface area contributed by atoms with Crippen LogP contribution in [0.4, 0.5) is 0 Å². The molecule has 2 aliphatic heterocycles. The van der Waals surface area contributed by atoms with Gasteiger partial charge in [0, 0.05) is 26.4 Å². The van der Waals surface area contributed by atoms with Gasteiger partial charge in [0.25, 0.3) is 0 Å². The molecule has 1 aromatic heterocycles. The Hall–Kier alpha value is -1.17. The zero-order valence-electron chi connectivity index (χ0n) is 11.6. The van der Waals surface area contributed by atoms with Crippen LogP contribution in [0.1, 0.15) is 4.88 Å². The van der Waals surface area contributed by atoms with Gasteiger partial charge in [0.1, 0.15) is 0 Å². The van der Waals surface area contributed by atoms with Gasteiger partial charge in [-0.1, -0.05) is 18.7 Å². The van der Waals surface area contributed by atoms with Crippen LogP contribution < -0.4 is 0 Å². The molecule has 21 heavy (non-hydrogen) atoms. The maximum Gasteiger partial charge on any atom is 0.168 e. The molecule has 0 saturated heterocycles. The zero-order chi connectivity index (χ0) is 14.4. The summed E-state index contributed by atoms with van der Waals surface area (Å²) in [7, 11) is 0. The van der Waals surface area contributed by atoms with Gasteiger partial charge in [-0.05, 0) is 36.2 Å². The Morgan fingerprint density at radius 3 is 3.14 bits per heavy atom. The van der Waals surface area contributed by atoms with E-state index in [1.165, 1.54) is 30.5 Å². The second-order valence-electron chi connectivity index (χ2n) is 4.82. The molecule has 0 radical (unpaired) electrons. The lowest BCUT2D eigenvalue weighted by molar-refractivity contribution is 0.650. The molecule has 2 nitrogen and oxygen atoms in total. The van der Waals surface area contributed by atoms with Gasteiger partial charge in [-0.3, -0.25) is 4.99 Å². The normalized spacial score (nSPS) is 17.6. The second kappa shape index (κ2) is 5.23. The van der Waals surface area contributed by atoms with E-state index in [9.17, 15) is 0 Å². The summed E-state index contributed by atoms with van der Waals surface area (Å²) in [5.41, 5.74) is 1.29. The van der Waals surface area contributed by atoms with Crippen LogP contribution >= 0.6 is 34.9 Å². The van der Waals surface area contributed by atoms with E-state index in [1.807, 2.05) is 29.2 Å². The highest BCUT2D eigenvalue weighted by Crippen LogP contribution is 2.45. The molecule has 0 atom stereocenters. The van der Waals surface area contributed by atoms with Crippen LogP contribution in [0.5, 0.6) is 0 Å². The fraction of sp³-hybridized carbons (Fsp3) is 0.188. The van der Waals surface area contributed by atoms with Gasteiger partial charge in [0.15, 0.2) is 5.17 Å². The van der Waals surface area contributed by atoms with Crippen molar-refractivity contribution < 1.29 is 0 Å². The lowest BCUT2D eigenvalue weighted by Gasteiger charge is -2.15. The Morgan fingerprint density at radius 1 is 1.43 bits per heavy atom. The molecule has 106 valence electrons. The van der Waals surface area contributed by atoms with Crippen LogP contribution in [0, 0.1) is 0 Å². The molecule has 2 aromatic rings. The molecule has 0 bridgehead atoms. The SMILES string of the molecule is C=CC1=C(c2cc3c(SC)cccc3s2)N2CCN=C2S1. The molecule has 0 saturated carbocycles. The first-order valence-electron chi connectivity index (χ1n) is 6.75. The third-order valence-electron chi connectivity index (χ3n) is 3.67. The summed E-state index contributed by atoms with van der Waals surface area (Å²) in [6, 6.07) is 8.87. The highest BCUT2D eigenvalue weighted by atomic mass is 32.2. The van der Waals surface area contributed by atoms with Crippen LogP contribution in [-0.4, -0.2) is 29.4 Å². The molecule has 0 unspecified atom stereocenters. The van der Waals surface area contributed by atoms with Crippen LogP contribution in [0.15, 0.2) is 51.7 Å². The molecule has 3 heterocycles. The van der Waals surface area contributed by atoms with Crippen LogP contribution in [-0.2, 0) is 0 Å². The molecule has 0 fully saturated rings. The van der Waals surface area contributed by atoms with Gasteiger partial charge < -0.3 is 4.90 Å². The highest BCUT2D eigenvalue weighted by Gasteiger charge is 2.32. The topological polar surface area (TPSA) is 15.6 Å². The quantitative estimate of drug-likeness (QED) is 0.745. The van der Waals surface area contributed by atoms with Crippen molar-refractivity contribution >= 4 is 55.8 Å². The molecule has 5 heteroatoms. The number of thioether (sulfide) groups is 2. The molecule has 1 aromatic carbocycles. The van der Waals surface area contributed by atoms with Crippen molar-refractivity contribution in [2.24, 2.45) is 4.99 Å². The van der Waals surface area contributed by atoms with E-state index in [4.69, 9.17) is 0 Å². The van der Waals surface area contributed by atoms with E-state index in [1.54, 1.807) is 11.8 Å². The summed E-state index contributed by atoms with van der Waals surface area (Å²) < 4.78 is 1.35. The number of hydrogen-bond donors (Lipinski definition) is 0. The summed E-state index contributed by atoms with van der Waals surface area (Å²) >= 11 is 5.41. The number of hydrogen-bond acceptors (Lipinski definition) is 5. The van der Waals surface area contributed by atoms with E-state index >= 15 is 0 Å². The van der Waals surface area contributed by atoms with Gasteiger partial charge in [-0.15, -0.1) is 23.1 Å². The van der Waals surface area contributed by atoms with E-state index in [0.717, 1.165) is 18.3 Å². The fourth-order valence-corrected chi connectivity index (χ4v) is 5.66. The van der Waals surface area contributed by atoms with Crippen LogP contribution in [0.3, 0.4) is 0 Å². The third-order valence-corrected chi connectivity index (χ3v) is 6.68. The fourth-order valence-electron chi connectivity index (χ4n) is 2.72. The van der Waals surface area contributed by atoms with E-state index in [2.05, 4.69) is 47.0 Å². The van der Waals surface area contributed by atoms with Crippen molar-refractivity contribution in [3.05, 3.63) is 46.7 Å². The zero-order valence-corrected chi connectivity index (χ0v) is 14.1. The number of nitrogens with zero attached hydrogens (tertiary/aromatic N) is 2. The largest absolute Gasteiger partial charge is 0.317 e. The minimum Gasteiger partial charge on any atom is -0.317 e. The Morgan fingerprint density at radius 2 is 2.33 bits per heavy atom. The minimum atomic E-state index is 0.900. The van der Waals surface area contributed by atoms with Gasteiger partial charge in [-0.25, -0.2) is 0 Å². The molecule has 0 amide bonds. The number of thiophene rings is 1. The molecule has 2 aliphatic rings.